The van der Waals surface area contributed by atoms with Gasteiger partial charge in [-0.25, -0.2) is 14.6 Å². The largest absolute Gasteiger partial charge is 0.497 e. The Labute approximate surface area is 183 Å². The number of methoxy groups -OCH3 is 2. The standard InChI is InChI=1S/C20H25N5O7/c1-30-14-5-3-12(4-6-14)10-32-20(29)25-15(8-17(21)26)18(27)24-16(19(28)31-2)7-13-9-22-11-23-13/h3-6,9,11,15-16H,7-8,10H2,1-2H3,(H2,21,26)(H,22,23)(H,24,27)(H,25,29). The average Bonchev–Trinajstić information content (AvgIpc) is 3.29. The van der Waals surface area contributed by atoms with Crippen molar-refractivity contribution in [3.05, 3.63) is 48.0 Å². The molecule has 12 nitrogen and oxygen atoms in total. The number of nitrogens with one attached hydrogen (secondary N) is 3. The Balaban J connectivity index is 1.99. The lowest BCUT2D eigenvalue weighted by Crippen LogP contribution is -2.53. The molecule has 0 spiro atoms. The number of hydrogen-bond donors (Lipinski definition) is 4. The third-order valence-corrected chi connectivity index (χ3v) is 4.32. The van der Waals surface area contributed by atoms with Crippen LogP contribution >= 0.6 is 0 Å². The molecule has 3 amide bonds. The summed E-state index contributed by atoms with van der Waals surface area (Å²) in [4.78, 5) is 55.0. The molecule has 2 aromatic rings. The molecular weight excluding hydrogens is 422 g/mol. The number of hydrogen-bond acceptors (Lipinski definition) is 8. The molecule has 0 saturated heterocycles. The van der Waals surface area contributed by atoms with Gasteiger partial charge in [0.1, 0.15) is 24.4 Å². The first-order chi connectivity index (χ1) is 15.3. The van der Waals surface area contributed by atoms with Gasteiger partial charge in [-0.05, 0) is 17.7 Å². The third-order valence-electron chi connectivity index (χ3n) is 4.32. The van der Waals surface area contributed by atoms with Crippen molar-refractivity contribution in [3.8, 4) is 5.75 Å². The summed E-state index contributed by atoms with van der Waals surface area (Å²) in [7, 11) is 2.70. The molecule has 172 valence electrons. The molecule has 0 radical (unpaired) electrons. The summed E-state index contributed by atoms with van der Waals surface area (Å²) in [6.45, 7) is -0.0780. The van der Waals surface area contributed by atoms with Gasteiger partial charge >= 0.3 is 12.1 Å². The molecule has 1 aromatic carbocycles. The minimum Gasteiger partial charge on any atom is -0.497 e. The van der Waals surface area contributed by atoms with Crippen LogP contribution in [0.1, 0.15) is 17.7 Å². The van der Waals surface area contributed by atoms with Crippen molar-refractivity contribution in [2.24, 2.45) is 5.73 Å². The number of alkyl carbamates (subject to hydrolysis) is 1. The second kappa shape index (κ2) is 11.9. The lowest BCUT2D eigenvalue weighted by atomic mass is 10.1. The second-order valence-corrected chi connectivity index (χ2v) is 6.66. The van der Waals surface area contributed by atoms with Crippen LogP contribution in [0.15, 0.2) is 36.8 Å². The van der Waals surface area contributed by atoms with Gasteiger partial charge in [0.15, 0.2) is 0 Å². The van der Waals surface area contributed by atoms with Crippen LogP contribution in [0.25, 0.3) is 0 Å². The maximum Gasteiger partial charge on any atom is 0.408 e. The highest BCUT2D eigenvalue weighted by molar-refractivity contribution is 5.93. The molecule has 32 heavy (non-hydrogen) atoms. The summed E-state index contributed by atoms with van der Waals surface area (Å²) in [5.74, 6) is -1.71. The SMILES string of the molecule is COC(=O)C(Cc1cnc[nH]1)NC(=O)C(CC(N)=O)NC(=O)OCc1ccc(OC)cc1. The van der Waals surface area contributed by atoms with Gasteiger partial charge in [-0.1, -0.05) is 12.1 Å². The predicted molar refractivity (Wildman–Crippen MR) is 110 cm³/mol. The highest BCUT2D eigenvalue weighted by Crippen LogP contribution is 2.12. The number of aromatic nitrogens is 2. The van der Waals surface area contributed by atoms with Gasteiger partial charge < -0.3 is 35.6 Å². The van der Waals surface area contributed by atoms with E-state index in [1.54, 1.807) is 24.3 Å². The van der Waals surface area contributed by atoms with Crippen molar-refractivity contribution < 1.29 is 33.4 Å². The molecule has 0 aliphatic heterocycles. The van der Waals surface area contributed by atoms with Gasteiger partial charge in [-0.2, -0.15) is 0 Å². The zero-order chi connectivity index (χ0) is 23.5. The normalized spacial score (nSPS) is 12.2. The fourth-order valence-electron chi connectivity index (χ4n) is 2.69. The topological polar surface area (TPSA) is 175 Å². The Morgan fingerprint density at radius 3 is 2.38 bits per heavy atom. The van der Waals surface area contributed by atoms with E-state index < -0.39 is 42.4 Å². The number of imidazole rings is 1. The summed E-state index contributed by atoms with van der Waals surface area (Å²) >= 11 is 0. The Kier molecular flexibility index (Phi) is 9.02. The number of amides is 3. The first-order valence-corrected chi connectivity index (χ1v) is 9.52. The van der Waals surface area contributed by atoms with Crippen LogP contribution in [0.5, 0.6) is 5.75 Å². The zero-order valence-electron chi connectivity index (χ0n) is 17.6. The molecule has 1 aromatic heterocycles. The van der Waals surface area contributed by atoms with Crippen LogP contribution < -0.4 is 21.1 Å². The molecule has 2 unspecified atom stereocenters. The molecule has 0 fully saturated rings. The van der Waals surface area contributed by atoms with E-state index in [1.807, 2.05) is 0 Å². The smallest absolute Gasteiger partial charge is 0.408 e. The fourth-order valence-corrected chi connectivity index (χ4v) is 2.69. The zero-order valence-corrected chi connectivity index (χ0v) is 17.6. The molecule has 0 aliphatic rings. The number of H-pyrrole nitrogens is 1. The van der Waals surface area contributed by atoms with Crippen molar-refractivity contribution in [2.75, 3.05) is 14.2 Å². The van der Waals surface area contributed by atoms with E-state index in [9.17, 15) is 19.2 Å². The van der Waals surface area contributed by atoms with Gasteiger partial charge in [-0.3, -0.25) is 9.59 Å². The number of benzene rings is 1. The molecule has 2 atom stereocenters. The highest BCUT2D eigenvalue weighted by Gasteiger charge is 2.29. The molecule has 2 rings (SSSR count). The minimum absolute atomic E-state index is 0.0591. The van der Waals surface area contributed by atoms with E-state index in [4.69, 9.17) is 19.9 Å². The maximum atomic E-state index is 12.7. The molecule has 0 bridgehead atoms. The highest BCUT2D eigenvalue weighted by atomic mass is 16.5. The Morgan fingerprint density at radius 2 is 1.81 bits per heavy atom. The molecule has 0 aliphatic carbocycles. The Morgan fingerprint density at radius 1 is 1.09 bits per heavy atom. The van der Waals surface area contributed by atoms with Crippen molar-refractivity contribution in [1.82, 2.24) is 20.6 Å². The fraction of sp³-hybridized carbons (Fsp3) is 0.350. The molecule has 12 heteroatoms. The quantitative estimate of drug-likeness (QED) is 0.342. The Hall–Kier alpha value is -4.09. The summed E-state index contributed by atoms with van der Waals surface area (Å²) in [6, 6.07) is 4.37. The number of nitrogens with two attached hydrogens (primary N) is 1. The molecule has 0 saturated carbocycles. The van der Waals surface area contributed by atoms with Gasteiger partial charge in [0.2, 0.25) is 11.8 Å². The summed E-state index contributed by atoms with van der Waals surface area (Å²) in [5, 5.41) is 4.74. The number of aromatic amines is 1. The number of rotatable bonds is 11. The van der Waals surface area contributed by atoms with Gasteiger partial charge in [0.25, 0.3) is 0 Å². The predicted octanol–water partition coefficient (Wildman–Crippen LogP) is -0.211. The van der Waals surface area contributed by atoms with E-state index in [0.29, 0.717) is 17.0 Å². The van der Waals surface area contributed by atoms with Crippen LogP contribution in [0.3, 0.4) is 0 Å². The van der Waals surface area contributed by atoms with Crippen molar-refractivity contribution in [2.45, 2.75) is 31.5 Å². The van der Waals surface area contributed by atoms with Crippen LogP contribution in [0.4, 0.5) is 4.79 Å². The average molecular weight is 447 g/mol. The lowest BCUT2D eigenvalue weighted by Gasteiger charge is -2.21. The van der Waals surface area contributed by atoms with E-state index in [2.05, 4.69) is 20.6 Å². The van der Waals surface area contributed by atoms with E-state index in [0.717, 1.165) is 0 Å². The second-order valence-electron chi connectivity index (χ2n) is 6.66. The van der Waals surface area contributed by atoms with Crippen LogP contribution in [0.2, 0.25) is 0 Å². The first kappa shape index (κ1) is 24.2. The van der Waals surface area contributed by atoms with Crippen molar-refractivity contribution >= 4 is 23.9 Å². The molecule has 1 heterocycles. The van der Waals surface area contributed by atoms with E-state index in [-0.39, 0.29) is 13.0 Å². The van der Waals surface area contributed by atoms with Crippen LogP contribution in [-0.4, -0.2) is 60.1 Å². The summed E-state index contributed by atoms with van der Waals surface area (Å²) in [6.07, 6.45) is 1.52. The number of nitrogens with zero attached hydrogens (tertiary/aromatic N) is 1. The van der Waals surface area contributed by atoms with Gasteiger partial charge in [0.05, 0.1) is 27.0 Å². The maximum absolute atomic E-state index is 12.7. The van der Waals surface area contributed by atoms with Crippen molar-refractivity contribution in [3.63, 3.8) is 0 Å². The van der Waals surface area contributed by atoms with E-state index >= 15 is 0 Å². The first-order valence-electron chi connectivity index (χ1n) is 9.52. The monoisotopic (exact) mass is 447 g/mol. The molecular formula is C20H25N5O7. The summed E-state index contributed by atoms with van der Waals surface area (Å²) < 4.78 is 14.9. The molecule has 5 N–H and O–H groups in total. The van der Waals surface area contributed by atoms with E-state index in [1.165, 1.54) is 26.7 Å². The van der Waals surface area contributed by atoms with Gasteiger partial charge in [-0.15, -0.1) is 0 Å². The lowest BCUT2D eigenvalue weighted by molar-refractivity contribution is -0.145. The third kappa shape index (κ3) is 7.63. The minimum atomic E-state index is -1.36. The summed E-state index contributed by atoms with van der Waals surface area (Å²) in [5.41, 5.74) is 6.45. The number of carbonyl (C=O) groups is 4. The number of carbonyl (C=O) groups excluding carboxylic acids is 4. The van der Waals surface area contributed by atoms with Gasteiger partial charge in [0, 0.05) is 18.3 Å². The Bertz CT molecular complexity index is 915. The number of esters is 1. The van der Waals surface area contributed by atoms with Crippen LogP contribution in [-0.2, 0) is 36.9 Å². The number of primary amides is 1. The number of ether oxygens (including phenoxy) is 3. The van der Waals surface area contributed by atoms with Crippen molar-refractivity contribution in [1.29, 1.82) is 0 Å². The van der Waals surface area contributed by atoms with Crippen LogP contribution in [0, 0.1) is 0 Å².